The van der Waals surface area contributed by atoms with Gasteiger partial charge in [0.05, 0.1) is 11.5 Å². The van der Waals surface area contributed by atoms with Crippen LogP contribution in [0.5, 0.6) is 0 Å². The Bertz CT molecular complexity index is 590. The summed E-state index contributed by atoms with van der Waals surface area (Å²) in [5.41, 5.74) is 0.00162. The zero-order valence-electron chi connectivity index (χ0n) is 14.2. The standard InChI is InChI=1S/C15H26N4O3S/c1-12(2)17-15(20)13(9-16)10-19(7-6-18(3)4)14-5-8-23(21,22)11-14/h10,12,14H,5-8,11H2,1-4H3,(H,17,20)/b13-10-. The van der Waals surface area contributed by atoms with Gasteiger partial charge in [-0.15, -0.1) is 0 Å². The fourth-order valence-electron chi connectivity index (χ4n) is 2.35. The molecule has 1 aliphatic rings. The summed E-state index contributed by atoms with van der Waals surface area (Å²) in [5, 5.41) is 11.9. The molecule has 1 aliphatic heterocycles. The first-order valence-corrected chi connectivity index (χ1v) is 9.50. The first-order chi connectivity index (χ1) is 10.6. The van der Waals surface area contributed by atoms with Gasteiger partial charge in [0, 0.05) is 31.4 Å². The van der Waals surface area contributed by atoms with Gasteiger partial charge in [0.25, 0.3) is 5.91 Å². The summed E-state index contributed by atoms with van der Waals surface area (Å²) in [7, 11) is 0.812. The number of amides is 1. The largest absolute Gasteiger partial charge is 0.371 e. The predicted octanol–water partition coefficient (Wildman–Crippen LogP) is -0.0308. The van der Waals surface area contributed by atoms with Crippen LogP contribution in [0.3, 0.4) is 0 Å². The van der Waals surface area contributed by atoms with Gasteiger partial charge >= 0.3 is 0 Å². The second kappa shape index (κ2) is 8.31. The molecule has 1 atom stereocenters. The van der Waals surface area contributed by atoms with Crippen LogP contribution in [-0.4, -0.2) is 74.9 Å². The van der Waals surface area contributed by atoms with E-state index >= 15 is 0 Å². The fourth-order valence-corrected chi connectivity index (χ4v) is 4.09. The van der Waals surface area contributed by atoms with Crippen LogP contribution in [-0.2, 0) is 14.6 Å². The minimum absolute atomic E-state index is 0.00162. The molecule has 0 aromatic carbocycles. The SMILES string of the molecule is CC(C)NC(=O)/C(C#N)=C\N(CCN(C)C)C1CCS(=O)(=O)C1. The van der Waals surface area contributed by atoms with Crippen molar-refractivity contribution in [2.24, 2.45) is 0 Å². The fraction of sp³-hybridized carbons (Fsp3) is 0.733. The Hall–Kier alpha value is -1.59. The van der Waals surface area contributed by atoms with E-state index < -0.39 is 15.7 Å². The van der Waals surface area contributed by atoms with E-state index in [9.17, 15) is 18.5 Å². The zero-order valence-corrected chi connectivity index (χ0v) is 15.1. The Kier molecular flexibility index (Phi) is 7.03. The molecule has 0 radical (unpaired) electrons. The van der Waals surface area contributed by atoms with Crippen LogP contribution in [0, 0.1) is 11.3 Å². The summed E-state index contributed by atoms with van der Waals surface area (Å²) >= 11 is 0. The van der Waals surface area contributed by atoms with Crippen LogP contribution < -0.4 is 5.32 Å². The summed E-state index contributed by atoms with van der Waals surface area (Å²) in [5.74, 6) is -0.205. The van der Waals surface area contributed by atoms with Gasteiger partial charge in [-0.05, 0) is 34.4 Å². The van der Waals surface area contributed by atoms with Crippen LogP contribution in [0.4, 0.5) is 0 Å². The topological polar surface area (TPSA) is 93.5 Å². The summed E-state index contributed by atoms with van der Waals surface area (Å²) in [6.45, 7) is 4.91. The molecule has 8 heteroatoms. The van der Waals surface area contributed by atoms with Gasteiger partial charge in [0.1, 0.15) is 11.6 Å². The van der Waals surface area contributed by atoms with E-state index in [2.05, 4.69) is 5.32 Å². The third kappa shape index (κ3) is 6.59. The van der Waals surface area contributed by atoms with Crippen molar-refractivity contribution in [3.05, 3.63) is 11.8 Å². The maximum absolute atomic E-state index is 12.0. The second-order valence-electron chi connectivity index (χ2n) is 6.38. The number of hydrogen-bond donors (Lipinski definition) is 1. The molecular weight excluding hydrogens is 316 g/mol. The van der Waals surface area contributed by atoms with Crippen molar-refractivity contribution in [2.75, 3.05) is 38.7 Å². The molecule has 1 heterocycles. The van der Waals surface area contributed by atoms with E-state index in [-0.39, 0.29) is 29.2 Å². The molecule has 0 aliphatic carbocycles. The lowest BCUT2D eigenvalue weighted by atomic mass is 10.2. The number of likely N-dealkylation sites (N-methyl/N-ethyl adjacent to an activating group) is 1. The third-order valence-corrected chi connectivity index (χ3v) is 5.31. The van der Waals surface area contributed by atoms with Crippen molar-refractivity contribution in [1.82, 2.24) is 15.1 Å². The van der Waals surface area contributed by atoms with Gasteiger partial charge < -0.3 is 15.1 Å². The highest BCUT2D eigenvalue weighted by Gasteiger charge is 2.31. The average molecular weight is 342 g/mol. The number of hydrogen-bond acceptors (Lipinski definition) is 6. The van der Waals surface area contributed by atoms with Crippen LogP contribution in [0.1, 0.15) is 20.3 Å². The van der Waals surface area contributed by atoms with E-state index in [1.807, 2.05) is 43.8 Å². The molecule has 130 valence electrons. The quantitative estimate of drug-likeness (QED) is 0.516. The first kappa shape index (κ1) is 19.5. The molecule has 1 fully saturated rings. The molecule has 23 heavy (non-hydrogen) atoms. The normalized spacial score (nSPS) is 20.6. The molecule has 1 N–H and O–H groups in total. The molecule has 0 aromatic rings. The molecule has 1 saturated heterocycles. The number of rotatable bonds is 7. The zero-order chi connectivity index (χ0) is 17.6. The Morgan fingerprint density at radius 1 is 1.39 bits per heavy atom. The lowest BCUT2D eigenvalue weighted by Crippen LogP contribution is -2.38. The molecule has 7 nitrogen and oxygen atoms in total. The highest BCUT2D eigenvalue weighted by Crippen LogP contribution is 2.19. The highest BCUT2D eigenvalue weighted by atomic mass is 32.2. The Morgan fingerprint density at radius 3 is 2.48 bits per heavy atom. The van der Waals surface area contributed by atoms with Gasteiger partial charge in [-0.2, -0.15) is 5.26 Å². The number of sulfone groups is 1. The van der Waals surface area contributed by atoms with Gasteiger partial charge in [0.15, 0.2) is 9.84 Å². The Labute approximate surface area is 138 Å². The molecule has 0 spiro atoms. The highest BCUT2D eigenvalue weighted by molar-refractivity contribution is 7.91. The number of nitrogens with zero attached hydrogens (tertiary/aromatic N) is 3. The summed E-state index contributed by atoms with van der Waals surface area (Å²) in [6, 6.07) is 1.66. The number of nitriles is 1. The lowest BCUT2D eigenvalue weighted by molar-refractivity contribution is -0.117. The minimum atomic E-state index is -3.03. The maximum atomic E-state index is 12.0. The third-order valence-electron chi connectivity index (χ3n) is 3.56. The van der Waals surface area contributed by atoms with Crippen molar-refractivity contribution >= 4 is 15.7 Å². The maximum Gasteiger partial charge on any atom is 0.263 e. The van der Waals surface area contributed by atoms with Gasteiger partial charge in [-0.25, -0.2) is 8.42 Å². The molecule has 1 rings (SSSR count). The number of carbonyl (C=O) groups excluding carboxylic acids is 1. The Morgan fingerprint density at radius 2 is 2.04 bits per heavy atom. The van der Waals surface area contributed by atoms with E-state index in [0.717, 1.165) is 0 Å². The second-order valence-corrected chi connectivity index (χ2v) is 8.61. The van der Waals surface area contributed by atoms with Crippen molar-refractivity contribution in [3.63, 3.8) is 0 Å². The van der Waals surface area contributed by atoms with Crippen LogP contribution in [0.25, 0.3) is 0 Å². The number of nitrogens with one attached hydrogen (secondary N) is 1. The average Bonchev–Trinajstić information content (AvgIpc) is 2.78. The summed E-state index contributed by atoms with van der Waals surface area (Å²) < 4.78 is 23.4. The van der Waals surface area contributed by atoms with Crippen LogP contribution in [0.2, 0.25) is 0 Å². The molecule has 0 bridgehead atoms. The van der Waals surface area contributed by atoms with Crippen LogP contribution >= 0.6 is 0 Å². The molecule has 0 aromatic heterocycles. The van der Waals surface area contributed by atoms with Crippen molar-refractivity contribution in [2.45, 2.75) is 32.4 Å². The van der Waals surface area contributed by atoms with Gasteiger partial charge in [0.2, 0.25) is 0 Å². The molecular formula is C15H26N4O3S. The monoisotopic (exact) mass is 342 g/mol. The summed E-state index contributed by atoms with van der Waals surface area (Å²) in [6.07, 6.45) is 2.03. The minimum Gasteiger partial charge on any atom is -0.371 e. The smallest absolute Gasteiger partial charge is 0.263 e. The first-order valence-electron chi connectivity index (χ1n) is 7.68. The molecule has 1 amide bonds. The van der Waals surface area contributed by atoms with E-state index in [4.69, 9.17) is 0 Å². The van der Waals surface area contributed by atoms with E-state index in [0.29, 0.717) is 19.5 Å². The van der Waals surface area contributed by atoms with E-state index in [1.54, 1.807) is 0 Å². The Balaban J connectivity index is 2.96. The predicted molar refractivity (Wildman–Crippen MR) is 89.3 cm³/mol. The van der Waals surface area contributed by atoms with Crippen molar-refractivity contribution in [3.8, 4) is 6.07 Å². The lowest BCUT2D eigenvalue weighted by Gasteiger charge is -2.28. The van der Waals surface area contributed by atoms with Gasteiger partial charge in [-0.1, -0.05) is 0 Å². The van der Waals surface area contributed by atoms with Crippen LogP contribution in [0.15, 0.2) is 11.8 Å². The molecule has 1 unspecified atom stereocenters. The molecule has 0 saturated carbocycles. The van der Waals surface area contributed by atoms with Gasteiger partial charge in [-0.3, -0.25) is 4.79 Å². The van der Waals surface area contributed by atoms with Crippen molar-refractivity contribution < 1.29 is 13.2 Å². The van der Waals surface area contributed by atoms with Crippen molar-refractivity contribution in [1.29, 1.82) is 5.26 Å². The van der Waals surface area contributed by atoms with E-state index in [1.165, 1.54) is 6.20 Å². The summed E-state index contributed by atoms with van der Waals surface area (Å²) in [4.78, 5) is 15.8. The number of carbonyl (C=O) groups is 1.